The number of hydrogen-bond acceptors (Lipinski definition) is 5. The molecule has 7 nitrogen and oxygen atoms in total. The minimum Gasteiger partial charge on any atom is -0.340 e. The van der Waals surface area contributed by atoms with Gasteiger partial charge < -0.3 is 9.80 Å². The van der Waals surface area contributed by atoms with Crippen molar-refractivity contribution in [1.82, 2.24) is 14.1 Å². The molecular formula is C17H23N3O4S2. The molecule has 0 radical (unpaired) electrons. The molecule has 2 amide bonds. The number of rotatable bonds is 4. The lowest BCUT2D eigenvalue weighted by Gasteiger charge is -2.35. The van der Waals surface area contributed by atoms with E-state index in [2.05, 4.69) is 0 Å². The molecule has 2 saturated heterocycles. The predicted octanol–water partition coefficient (Wildman–Crippen LogP) is 0.900. The summed E-state index contributed by atoms with van der Waals surface area (Å²) in [4.78, 5) is 29.3. The minimum atomic E-state index is -3.48. The number of carbonyl (C=O) groups excluding carboxylic acids is 2. The first kappa shape index (κ1) is 17.9. The lowest BCUT2D eigenvalue weighted by Crippen LogP contribution is -2.52. The van der Waals surface area contributed by atoms with Gasteiger partial charge >= 0.3 is 0 Å². The van der Waals surface area contributed by atoms with Crippen LogP contribution in [0.2, 0.25) is 0 Å². The van der Waals surface area contributed by atoms with Crippen molar-refractivity contribution in [3.8, 4) is 0 Å². The van der Waals surface area contributed by atoms with Crippen LogP contribution in [0.3, 0.4) is 0 Å². The molecule has 2 aliphatic heterocycles. The fourth-order valence-corrected chi connectivity index (χ4v) is 6.58. The number of thiophene rings is 1. The summed E-state index contributed by atoms with van der Waals surface area (Å²) in [6, 6.07) is 3.79. The van der Waals surface area contributed by atoms with E-state index in [1.54, 1.807) is 17.0 Å². The Bertz CT molecular complexity index is 823. The molecule has 3 fully saturated rings. The summed E-state index contributed by atoms with van der Waals surface area (Å²) in [5, 5.41) is 0. The molecule has 0 N–H and O–H groups in total. The van der Waals surface area contributed by atoms with Crippen LogP contribution >= 0.6 is 11.3 Å². The number of amides is 2. The highest BCUT2D eigenvalue weighted by Crippen LogP contribution is 2.33. The Morgan fingerprint density at radius 3 is 2.42 bits per heavy atom. The topological polar surface area (TPSA) is 78.0 Å². The van der Waals surface area contributed by atoms with Crippen LogP contribution in [0.1, 0.15) is 24.1 Å². The van der Waals surface area contributed by atoms with Gasteiger partial charge in [0.2, 0.25) is 11.8 Å². The minimum absolute atomic E-state index is 0.00878. The predicted molar refractivity (Wildman–Crippen MR) is 97.2 cm³/mol. The summed E-state index contributed by atoms with van der Waals surface area (Å²) in [7, 11) is -3.48. The Balaban J connectivity index is 1.36. The summed E-state index contributed by atoms with van der Waals surface area (Å²) in [6.45, 7) is 3.78. The molecule has 1 aromatic rings. The van der Waals surface area contributed by atoms with Crippen LogP contribution in [0.25, 0.3) is 0 Å². The van der Waals surface area contributed by atoms with E-state index in [1.807, 2.05) is 11.8 Å². The maximum atomic E-state index is 12.7. The number of likely N-dealkylation sites (tertiary alicyclic amines) is 1. The molecule has 1 saturated carbocycles. The molecule has 0 bridgehead atoms. The molecule has 1 aromatic heterocycles. The van der Waals surface area contributed by atoms with Gasteiger partial charge in [0.1, 0.15) is 4.21 Å². The maximum absolute atomic E-state index is 12.7. The third-order valence-corrected chi connectivity index (χ3v) is 8.72. The molecule has 9 heteroatoms. The lowest BCUT2D eigenvalue weighted by molar-refractivity contribution is -0.137. The summed E-state index contributed by atoms with van der Waals surface area (Å²) in [6.07, 6.45) is 2.39. The Morgan fingerprint density at radius 1 is 1.15 bits per heavy atom. The lowest BCUT2D eigenvalue weighted by atomic mass is 10.1. The van der Waals surface area contributed by atoms with E-state index < -0.39 is 10.0 Å². The van der Waals surface area contributed by atoms with Crippen molar-refractivity contribution in [2.24, 2.45) is 5.92 Å². The molecule has 1 unspecified atom stereocenters. The average Bonchev–Trinajstić information content (AvgIpc) is 3.25. The van der Waals surface area contributed by atoms with Crippen molar-refractivity contribution >= 4 is 33.2 Å². The van der Waals surface area contributed by atoms with Crippen molar-refractivity contribution in [3.63, 3.8) is 0 Å². The molecule has 4 rings (SSSR count). The van der Waals surface area contributed by atoms with Crippen LogP contribution in [0.15, 0.2) is 16.3 Å². The van der Waals surface area contributed by atoms with Gasteiger partial charge in [-0.1, -0.05) is 0 Å². The highest BCUT2D eigenvalue weighted by molar-refractivity contribution is 7.91. The summed E-state index contributed by atoms with van der Waals surface area (Å²) < 4.78 is 27.2. The first-order valence-corrected chi connectivity index (χ1v) is 11.3. The van der Waals surface area contributed by atoms with E-state index in [0.29, 0.717) is 49.4 Å². The van der Waals surface area contributed by atoms with Crippen molar-refractivity contribution in [1.29, 1.82) is 0 Å². The Kier molecular flexibility index (Phi) is 4.56. The zero-order valence-corrected chi connectivity index (χ0v) is 16.4. The second-order valence-corrected chi connectivity index (χ2v) is 10.7. The maximum Gasteiger partial charge on any atom is 0.252 e. The number of sulfonamides is 1. The van der Waals surface area contributed by atoms with Gasteiger partial charge in [0.05, 0.1) is 5.92 Å². The zero-order chi connectivity index (χ0) is 18.5. The quantitative estimate of drug-likeness (QED) is 0.756. The number of carbonyl (C=O) groups is 2. The van der Waals surface area contributed by atoms with Gasteiger partial charge in [0.15, 0.2) is 0 Å². The van der Waals surface area contributed by atoms with E-state index in [4.69, 9.17) is 0 Å². The second-order valence-electron chi connectivity index (χ2n) is 7.27. The van der Waals surface area contributed by atoms with Crippen molar-refractivity contribution < 1.29 is 18.0 Å². The molecule has 26 heavy (non-hydrogen) atoms. The standard InChI is InChI=1S/C17H23N3O4S2/c1-12-2-5-16(25-12)26(23,24)19-8-6-18(7-9-19)17(22)13-10-15(21)20(11-13)14-3-4-14/h2,5,13-14H,3-4,6-11H2,1H3. The van der Waals surface area contributed by atoms with Crippen LogP contribution in [-0.4, -0.2) is 73.1 Å². The van der Waals surface area contributed by atoms with Crippen LogP contribution in [0.5, 0.6) is 0 Å². The molecule has 0 aromatic carbocycles. The smallest absolute Gasteiger partial charge is 0.252 e. The third-order valence-electron chi connectivity index (χ3n) is 5.36. The molecule has 3 aliphatic rings. The summed E-state index contributed by atoms with van der Waals surface area (Å²) in [5.41, 5.74) is 0. The molecule has 3 heterocycles. The molecular weight excluding hydrogens is 374 g/mol. The molecule has 142 valence electrons. The van der Waals surface area contributed by atoms with Gasteiger partial charge in [-0.2, -0.15) is 4.31 Å². The normalized spacial score (nSPS) is 25.1. The van der Waals surface area contributed by atoms with Gasteiger partial charge in [-0.3, -0.25) is 9.59 Å². The zero-order valence-electron chi connectivity index (χ0n) is 14.8. The molecule has 1 aliphatic carbocycles. The Hall–Kier alpha value is -1.45. The van der Waals surface area contributed by atoms with Crippen molar-refractivity contribution in [2.75, 3.05) is 32.7 Å². The monoisotopic (exact) mass is 397 g/mol. The van der Waals surface area contributed by atoms with E-state index in [0.717, 1.165) is 17.7 Å². The fraction of sp³-hybridized carbons (Fsp3) is 0.647. The Labute approximate surface area is 157 Å². The van der Waals surface area contributed by atoms with Crippen LogP contribution in [0.4, 0.5) is 0 Å². The number of aryl methyl sites for hydroxylation is 1. The molecule has 1 atom stereocenters. The second kappa shape index (κ2) is 6.61. The number of hydrogen-bond donors (Lipinski definition) is 0. The SMILES string of the molecule is Cc1ccc(S(=O)(=O)N2CCN(C(=O)C3CC(=O)N(C4CC4)C3)CC2)s1. The van der Waals surface area contributed by atoms with Gasteiger partial charge in [-0.25, -0.2) is 8.42 Å². The van der Waals surface area contributed by atoms with E-state index in [9.17, 15) is 18.0 Å². The van der Waals surface area contributed by atoms with Crippen LogP contribution in [-0.2, 0) is 19.6 Å². The van der Waals surface area contributed by atoms with Gasteiger partial charge in [0, 0.05) is 50.1 Å². The number of piperazine rings is 1. The summed E-state index contributed by atoms with van der Waals surface area (Å²) in [5.74, 6) is -0.197. The molecule has 0 spiro atoms. The van der Waals surface area contributed by atoms with Gasteiger partial charge in [-0.05, 0) is 31.9 Å². The van der Waals surface area contributed by atoms with E-state index in [-0.39, 0.29) is 17.7 Å². The first-order valence-electron chi connectivity index (χ1n) is 9.01. The highest BCUT2D eigenvalue weighted by Gasteiger charge is 2.43. The fourth-order valence-electron chi connectivity index (χ4n) is 3.72. The summed E-state index contributed by atoms with van der Waals surface area (Å²) >= 11 is 1.27. The highest BCUT2D eigenvalue weighted by atomic mass is 32.2. The average molecular weight is 398 g/mol. The van der Waals surface area contributed by atoms with E-state index >= 15 is 0 Å². The Morgan fingerprint density at radius 2 is 1.85 bits per heavy atom. The van der Waals surface area contributed by atoms with Gasteiger partial charge in [0.25, 0.3) is 10.0 Å². The first-order chi connectivity index (χ1) is 12.4. The van der Waals surface area contributed by atoms with Crippen molar-refractivity contribution in [2.45, 2.75) is 36.4 Å². The third kappa shape index (κ3) is 3.27. The van der Waals surface area contributed by atoms with Crippen molar-refractivity contribution in [3.05, 3.63) is 17.0 Å². The largest absolute Gasteiger partial charge is 0.340 e. The van der Waals surface area contributed by atoms with Crippen LogP contribution < -0.4 is 0 Å². The van der Waals surface area contributed by atoms with Crippen LogP contribution in [0, 0.1) is 12.8 Å². The van der Waals surface area contributed by atoms with Gasteiger partial charge in [-0.15, -0.1) is 11.3 Å². The number of nitrogens with zero attached hydrogens (tertiary/aromatic N) is 3. The van der Waals surface area contributed by atoms with E-state index in [1.165, 1.54) is 15.6 Å².